The second kappa shape index (κ2) is 10.5. The predicted octanol–water partition coefficient (Wildman–Crippen LogP) is 4.42. The molecule has 0 saturated heterocycles. The van der Waals surface area contributed by atoms with Gasteiger partial charge in [-0.3, -0.25) is 0 Å². The first-order valence-corrected chi connectivity index (χ1v) is 9.94. The minimum Gasteiger partial charge on any atom is -0.383 e. The van der Waals surface area contributed by atoms with Gasteiger partial charge in [-0.2, -0.15) is 4.98 Å². The summed E-state index contributed by atoms with van der Waals surface area (Å²) in [6.45, 7) is 4.76. The number of rotatable bonds is 8. The molecule has 0 bridgehead atoms. The molecule has 1 aromatic heterocycles. The lowest BCUT2D eigenvalue weighted by atomic mass is 10.1. The van der Waals surface area contributed by atoms with E-state index in [9.17, 15) is 9.18 Å². The van der Waals surface area contributed by atoms with Gasteiger partial charge >= 0.3 is 6.03 Å². The van der Waals surface area contributed by atoms with Gasteiger partial charge in [-0.05, 0) is 49.2 Å². The third-order valence-corrected chi connectivity index (χ3v) is 4.64. The lowest BCUT2D eigenvalue weighted by Gasteiger charge is -2.23. The van der Waals surface area contributed by atoms with Crippen LogP contribution < -0.4 is 15.5 Å². The fraction of sp³-hybridized carbons (Fsp3) is 0.261. The maximum atomic E-state index is 13.5. The third-order valence-electron chi connectivity index (χ3n) is 4.64. The summed E-state index contributed by atoms with van der Waals surface area (Å²) in [6, 6.07) is 14.7. The average molecular weight is 423 g/mol. The van der Waals surface area contributed by atoms with Crippen molar-refractivity contribution in [1.82, 2.24) is 15.3 Å². The van der Waals surface area contributed by atoms with Crippen LogP contribution in [0.25, 0.3) is 0 Å². The zero-order valence-electron chi connectivity index (χ0n) is 17.8. The second-order valence-corrected chi connectivity index (χ2v) is 7.14. The van der Waals surface area contributed by atoms with E-state index in [4.69, 9.17) is 4.74 Å². The molecule has 3 aromatic rings. The molecule has 1 atom stereocenters. The molecule has 0 saturated carbocycles. The summed E-state index contributed by atoms with van der Waals surface area (Å²) in [5.74, 6) is 0.333. The van der Waals surface area contributed by atoms with E-state index in [2.05, 4.69) is 20.6 Å². The van der Waals surface area contributed by atoms with Gasteiger partial charge in [0.25, 0.3) is 0 Å². The van der Waals surface area contributed by atoms with E-state index < -0.39 is 0 Å². The van der Waals surface area contributed by atoms with Crippen LogP contribution in [-0.2, 0) is 11.3 Å². The number of hydrogen-bond donors (Lipinski definition) is 2. The first-order chi connectivity index (χ1) is 15.0. The SMILES string of the molecule is COCC(C)Nc1nccc(N(C(=O)NCc2ccccc2C)c2ccc(F)cc2)n1. The Bertz CT molecular complexity index is 1010. The van der Waals surface area contributed by atoms with E-state index in [0.717, 1.165) is 11.1 Å². The number of carbonyl (C=O) groups is 1. The van der Waals surface area contributed by atoms with Crippen LogP contribution in [0.15, 0.2) is 60.8 Å². The first-order valence-electron chi connectivity index (χ1n) is 9.94. The monoisotopic (exact) mass is 423 g/mol. The molecule has 1 heterocycles. The van der Waals surface area contributed by atoms with E-state index in [0.29, 0.717) is 30.6 Å². The van der Waals surface area contributed by atoms with Crippen LogP contribution in [0.3, 0.4) is 0 Å². The Morgan fingerprint density at radius 1 is 1.16 bits per heavy atom. The largest absolute Gasteiger partial charge is 0.383 e. The summed E-state index contributed by atoms with van der Waals surface area (Å²) >= 11 is 0. The number of urea groups is 1. The van der Waals surface area contributed by atoms with E-state index in [-0.39, 0.29) is 17.9 Å². The molecule has 0 radical (unpaired) electrons. The highest BCUT2D eigenvalue weighted by atomic mass is 19.1. The zero-order chi connectivity index (χ0) is 22.2. The average Bonchev–Trinajstić information content (AvgIpc) is 2.75. The lowest BCUT2D eigenvalue weighted by Crippen LogP contribution is -2.37. The van der Waals surface area contributed by atoms with Crippen LogP contribution in [0.4, 0.5) is 26.6 Å². The fourth-order valence-corrected chi connectivity index (χ4v) is 3.06. The third kappa shape index (κ3) is 5.99. The van der Waals surface area contributed by atoms with Gasteiger partial charge in [0.2, 0.25) is 5.95 Å². The van der Waals surface area contributed by atoms with E-state index in [1.165, 1.54) is 29.2 Å². The quantitative estimate of drug-likeness (QED) is 0.561. The fourth-order valence-electron chi connectivity index (χ4n) is 3.06. The van der Waals surface area contributed by atoms with Crippen LogP contribution in [0, 0.1) is 12.7 Å². The molecule has 0 aliphatic heterocycles. The normalized spacial score (nSPS) is 11.6. The molecule has 8 heteroatoms. The Balaban J connectivity index is 1.87. The molecule has 2 N–H and O–H groups in total. The Morgan fingerprint density at radius 3 is 2.61 bits per heavy atom. The van der Waals surface area contributed by atoms with Crippen molar-refractivity contribution in [1.29, 1.82) is 0 Å². The van der Waals surface area contributed by atoms with Crippen molar-refractivity contribution < 1.29 is 13.9 Å². The molecular formula is C23H26FN5O2. The zero-order valence-corrected chi connectivity index (χ0v) is 17.8. The van der Waals surface area contributed by atoms with Crippen molar-refractivity contribution in [3.63, 3.8) is 0 Å². The van der Waals surface area contributed by atoms with Crippen molar-refractivity contribution >= 4 is 23.5 Å². The van der Waals surface area contributed by atoms with Gasteiger partial charge in [-0.25, -0.2) is 19.1 Å². The smallest absolute Gasteiger partial charge is 0.327 e. The number of benzene rings is 2. The van der Waals surface area contributed by atoms with Gasteiger partial charge < -0.3 is 15.4 Å². The van der Waals surface area contributed by atoms with Gasteiger partial charge in [0, 0.05) is 32.0 Å². The number of hydrogen-bond acceptors (Lipinski definition) is 5. The number of nitrogens with zero attached hydrogens (tertiary/aromatic N) is 3. The second-order valence-electron chi connectivity index (χ2n) is 7.14. The molecule has 2 aromatic carbocycles. The molecule has 3 rings (SSSR count). The van der Waals surface area contributed by atoms with Crippen LogP contribution in [0.2, 0.25) is 0 Å². The summed E-state index contributed by atoms with van der Waals surface area (Å²) in [5.41, 5.74) is 2.57. The summed E-state index contributed by atoms with van der Waals surface area (Å²) in [7, 11) is 1.62. The summed E-state index contributed by atoms with van der Waals surface area (Å²) in [6.07, 6.45) is 1.56. The van der Waals surface area contributed by atoms with Crippen LogP contribution in [0.1, 0.15) is 18.1 Å². The van der Waals surface area contributed by atoms with E-state index >= 15 is 0 Å². The highest BCUT2D eigenvalue weighted by Crippen LogP contribution is 2.25. The summed E-state index contributed by atoms with van der Waals surface area (Å²) in [4.78, 5) is 23.3. The van der Waals surface area contributed by atoms with Gasteiger partial charge in [0.1, 0.15) is 11.6 Å². The number of nitrogens with one attached hydrogen (secondary N) is 2. The minimum atomic E-state index is -0.387. The van der Waals surface area contributed by atoms with Crippen molar-refractivity contribution in [2.45, 2.75) is 26.4 Å². The van der Waals surface area contributed by atoms with Gasteiger partial charge in [-0.15, -0.1) is 0 Å². The maximum Gasteiger partial charge on any atom is 0.327 e. The Labute approximate surface area is 181 Å². The molecule has 0 fully saturated rings. The number of halogens is 1. The number of ether oxygens (including phenoxy) is 1. The van der Waals surface area contributed by atoms with Crippen molar-refractivity contribution in [2.75, 3.05) is 23.9 Å². The van der Waals surface area contributed by atoms with E-state index in [1.54, 1.807) is 19.4 Å². The molecule has 162 valence electrons. The highest BCUT2D eigenvalue weighted by Gasteiger charge is 2.20. The van der Waals surface area contributed by atoms with Crippen LogP contribution in [-0.4, -0.2) is 35.8 Å². The lowest BCUT2D eigenvalue weighted by molar-refractivity contribution is 0.190. The molecule has 0 aliphatic carbocycles. The highest BCUT2D eigenvalue weighted by molar-refractivity contribution is 5.98. The van der Waals surface area contributed by atoms with Crippen LogP contribution >= 0.6 is 0 Å². The molecule has 7 nitrogen and oxygen atoms in total. The van der Waals surface area contributed by atoms with Crippen LogP contribution in [0.5, 0.6) is 0 Å². The number of amides is 2. The van der Waals surface area contributed by atoms with Crippen molar-refractivity contribution in [3.05, 3.63) is 77.7 Å². The Kier molecular flexibility index (Phi) is 7.50. The number of anilines is 3. The van der Waals surface area contributed by atoms with E-state index in [1.807, 2.05) is 38.1 Å². The molecule has 31 heavy (non-hydrogen) atoms. The standard InChI is InChI=1S/C23H26FN5O2/c1-16-6-4-5-7-18(16)14-26-23(30)29(20-10-8-19(24)9-11-20)21-12-13-25-22(28-21)27-17(2)15-31-3/h4-13,17H,14-15H2,1-3H3,(H,26,30)(H,25,27,28). The molecule has 1 unspecified atom stereocenters. The Morgan fingerprint density at radius 2 is 1.90 bits per heavy atom. The molecular weight excluding hydrogens is 397 g/mol. The first kappa shape index (κ1) is 22.2. The summed E-state index contributed by atoms with van der Waals surface area (Å²) < 4.78 is 18.6. The van der Waals surface area contributed by atoms with Gasteiger partial charge in [0.05, 0.1) is 12.3 Å². The van der Waals surface area contributed by atoms with Gasteiger partial charge in [-0.1, -0.05) is 24.3 Å². The van der Waals surface area contributed by atoms with Gasteiger partial charge in [0.15, 0.2) is 0 Å². The molecule has 2 amide bonds. The Hall–Kier alpha value is -3.52. The van der Waals surface area contributed by atoms with Crippen molar-refractivity contribution in [2.24, 2.45) is 0 Å². The molecule has 0 spiro atoms. The summed E-state index contributed by atoms with van der Waals surface area (Å²) in [5, 5.41) is 6.06. The number of methoxy groups -OCH3 is 1. The predicted molar refractivity (Wildman–Crippen MR) is 119 cm³/mol. The number of aromatic nitrogens is 2. The van der Waals surface area contributed by atoms with Crippen molar-refractivity contribution in [3.8, 4) is 0 Å². The maximum absolute atomic E-state index is 13.5. The number of aryl methyl sites for hydroxylation is 1. The molecule has 0 aliphatic rings. The topological polar surface area (TPSA) is 79.4 Å². The minimum absolute atomic E-state index is 0.0191. The number of carbonyl (C=O) groups excluding carboxylic acids is 1.